The molecule has 5 heterocycles. The Bertz CT molecular complexity index is 2500. The SMILES string of the molecule is N#Cc1ccc2c(c1)-c1nc-2nc2[n-]c(nc3nc(nc4[n-]c(n1)c1ccccc41)-c1ccccc1-3)c1ccccc21.[Zn+2]. The summed E-state index contributed by atoms with van der Waals surface area (Å²) in [7, 11) is 0. The van der Waals surface area contributed by atoms with Crippen LogP contribution in [0.25, 0.3) is 89.7 Å². The molecular weight excluding hydrogens is 588 g/mol. The summed E-state index contributed by atoms with van der Waals surface area (Å²) in [6.45, 7) is 0. The number of fused-ring (bicyclic) bond motifs is 20. The molecule has 10 heteroatoms. The number of nitriles is 1. The van der Waals surface area contributed by atoms with Gasteiger partial charge in [0.2, 0.25) is 0 Å². The zero-order valence-electron chi connectivity index (χ0n) is 22.4. The molecule has 9 nitrogen and oxygen atoms in total. The predicted octanol–water partition coefficient (Wildman–Crippen LogP) is 6.00. The van der Waals surface area contributed by atoms with Gasteiger partial charge in [-0.15, -0.1) is 0 Å². The average Bonchev–Trinajstić information content (AvgIpc) is 3.76. The maximum atomic E-state index is 9.62. The molecule has 3 aromatic heterocycles. The molecule has 0 aliphatic carbocycles. The van der Waals surface area contributed by atoms with Gasteiger partial charge in [-0.2, -0.15) is 5.26 Å². The number of hydrogen-bond acceptors (Lipinski definition) is 7. The molecule has 8 bridgehead atoms. The van der Waals surface area contributed by atoms with Crippen LogP contribution in [-0.4, -0.2) is 29.9 Å². The fraction of sp³-hybridized carbons (Fsp3) is 0. The smallest absolute Gasteiger partial charge is 0.357 e. The van der Waals surface area contributed by atoms with Crippen molar-refractivity contribution in [2.24, 2.45) is 0 Å². The van der Waals surface area contributed by atoms with E-state index in [-0.39, 0.29) is 19.5 Å². The molecule has 0 spiro atoms. The van der Waals surface area contributed by atoms with Crippen molar-refractivity contribution in [3.8, 4) is 51.6 Å². The minimum absolute atomic E-state index is 0. The summed E-state index contributed by atoms with van der Waals surface area (Å²) in [6, 6.07) is 31.1. The Kier molecular flexibility index (Phi) is 5.51. The normalized spacial score (nSPS) is 11.5. The fourth-order valence-corrected chi connectivity index (χ4v) is 5.58. The van der Waals surface area contributed by atoms with Crippen LogP contribution in [0.3, 0.4) is 0 Å². The van der Waals surface area contributed by atoms with E-state index in [9.17, 15) is 5.26 Å². The first kappa shape index (κ1) is 25.1. The van der Waals surface area contributed by atoms with Crippen LogP contribution in [0.4, 0.5) is 0 Å². The van der Waals surface area contributed by atoms with Gasteiger partial charge in [0.1, 0.15) is 0 Å². The summed E-state index contributed by atoms with van der Waals surface area (Å²) in [4.78, 5) is 39.1. The molecule has 0 radical (unpaired) electrons. The van der Waals surface area contributed by atoms with Crippen LogP contribution in [0.15, 0.2) is 91.0 Å². The summed E-state index contributed by atoms with van der Waals surface area (Å²) in [5.74, 6) is 1.91. The first-order chi connectivity index (χ1) is 20.7. The maximum absolute atomic E-state index is 9.62. The van der Waals surface area contributed by atoms with Gasteiger partial charge in [0.05, 0.1) is 34.9 Å². The van der Waals surface area contributed by atoms with Gasteiger partial charge < -0.3 is 29.9 Å². The Labute approximate surface area is 256 Å². The fourth-order valence-electron chi connectivity index (χ4n) is 5.58. The minimum Gasteiger partial charge on any atom is -0.357 e. The Morgan fingerprint density at radius 1 is 0.442 bits per heavy atom. The third kappa shape index (κ3) is 3.79. The first-order valence-corrected chi connectivity index (χ1v) is 13.3. The summed E-state index contributed by atoms with van der Waals surface area (Å²) >= 11 is 0. The summed E-state index contributed by atoms with van der Waals surface area (Å²) in [5, 5.41) is 13.0. The van der Waals surface area contributed by atoms with E-state index in [1.807, 2.05) is 78.9 Å². The van der Waals surface area contributed by atoms with Crippen molar-refractivity contribution in [2.75, 3.05) is 0 Å². The zero-order chi connectivity index (χ0) is 27.8. The van der Waals surface area contributed by atoms with Crippen LogP contribution in [0.2, 0.25) is 0 Å². The maximum Gasteiger partial charge on any atom is 2.00 e. The van der Waals surface area contributed by atoms with Crippen molar-refractivity contribution in [1.82, 2.24) is 39.9 Å². The molecule has 0 fully saturated rings. The number of benzene rings is 4. The Balaban J connectivity index is 0.00000278. The molecule has 43 heavy (non-hydrogen) atoms. The molecule has 0 atom stereocenters. The van der Waals surface area contributed by atoms with Crippen LogP contribution >= 0.6 is 0 Å². The van der Waals surface area contributed by atoms with E-state index in [4.69, 9.17) is 39.9 Å². The zero-order valence-corrected chi connectivity index (χ0v) is 25.4. The molecule has 194 valence electrons. The van der Waals surface area contributed by atoms with Gasteiger partial charge in [-0.3, -0.25) is 0 Å². The van der Waals surface area contributed by atoms with E-state index in [2.05, 4.69) is 6.07 Å². The van der Waals surface area contributed by atoms with Gasteiger partial charge in [0, 0.05) is 44.8 Å². The Hall–Kier alpha value is -5.65. The van der Waals surface area contributed by atoms with Crippen LogP contribution in [0, 0.1) is 11.3 Å². The predicted molar refractivity (Wildman–Crippen MR) is 159 cm³/mol. The molecule has 4 aromatic carbocycles. The summed E-state index contributed by atoms with van der Waals surface area (Å²) in [6.07, 6.45) is 0. The van der Waals surface area contributed by atoms with Crippen molar-refractivity contribution >= 4 is 44.1 Å². The number of aromatic nitrogens is 8. The van der Waals surface area contributed by atoms with E-state index < -0.39 is 0 Å². The Morgan fingerprint density at radius 3 is 1.23 bits per heavy atom. The third-order valence-corrected chi connectivity index (χ3v) is 7.55. The standard InChI is InChI=1S/C33H15N9.Zn/c34-16-17-13-14-24-25(15-17)33-41-31-23-12-6-5-11-22(23)29(39-31)37-27-19-8-2-1-7-18(19)26(35-27)36-28-20-9-3-4-10-21(20)30(38-28)40-32(24)42-33;/h1-15H;/q-2;+2. The van der Waals surface area contributed by atoms with Crippen molar-refractivity contribution in [3.63, 3.8) is 0 Å². The van der Waals surface area contributed by atoms with E-state index in [1.54, 1.807) is 12.1 Å². The molecule has 2 aliphatic heterocycles. The second-order valence-electron chi connectivity index (χ2n) is 9.99. The van der Waals surface area contributed by atoms with E-state index in [0.717, 1.165) is 38.2 Å². The quantitative estimate of drug-likeness (QED) is 0.192. The summed E-state index contributed by atoms with van der Waals surface area (Å²) < 4.78 is 0. The van der Waals surface area contributed by atoms with E-state index in [1.165, 1.54) is 0 Å². The molecule has 2 aliphatic rings. The van der Waals surface area contributed by atoms with Crippen LogP contribution < -0.4 is 9.97 Å². The van der Waals surface area contributed by atoms with E-state index >= 15 is 0 Å². The van der Waals surface area contributed by atoms with Gasteiger partial charge in [0.25, 0.3) is 0 Å². The first-order valence-electron chi connectivity index (χ1n) is 13.3. The Morgan fingerprint density at radius 2 is 0.814 bits per heavy atom. The molecule has 0 saturated carbocycles. The molecule has 0 amide bonds. The second kappa shape index (κ2) is 9.45. The molecule has 9 rings (SSSR count). The number of rotatable bonds is 0. The number of nitrogens with zero attached hydrogens (tertiary/aromatic N) is 9. The van der Waals surface area contributed by atoms with Crippen molar-refractivity contribution in [2.45, 2.75) is 0 Å². The topological polar surface area (TPSA) is 129 Å². The van der Waals surface area contributed by atoms with Gasteiger partial charge in [-0.25, -0.2) is 9.97 Å². The molecule has 0 unspecified atom stereocenters. The molecule has 0 saturated heterocycles. The van der Waals surface area contributed by atoms with Gasteiger partial charge in [-0.05, 0) is 33.7 Å². The van der Waals surface area contributed by atoms with E-state index in [0.29, 0.717) is 57.0 Å². The van der Waals surface area contributed by atoms with Gasteiger partial charge in [-0.1, -0.05) is 78.9 Å². The largest absolute Gasteiger partial charge is 2.00 e. The van der Waals surface area contributed by atoms with Crippen molar-refractivity contribution in [3.05, 3.63) is 96.6 Å². The molecular formula is C33H15N9Zn. The van der Waals surface area contributed by atoms with Crippen LogP contribution in [-0.2, 0) is 19.5 Å². The van der Waals surface area contributed by atoms with Crippen LogP contribution in [0.5, 0.6) is 0 Å². The molecule has 0 N–H and O–H groups in total. The van der Waals surface area contributed by atoms with Gasteiger partial charge >= 0.3 is 19.5 Å². The van der Waals surface area contributed by atoms with Crippen molar-refractivity contribution < 1.29 is 19.5 Å². The van der Waals surface area contributed by atoms with Crippen LogP contribution in [0.1, 0.15) is 5.56 Å². The molecule has 7 aromatic rings. The third-order valence-electron chi connectivity index (χ3n) is 7.55. The van der Waals surface area contributed by atoms with Gasteiger partial charge in [0.15, 0.2) is 0 Å². The van der Waals surface area contributed by atoms with Crippen molar-refractivity contribution in [1.29, 1.82) is 5.26 Å². The monoisotopic (exact) mass is 601 g/mol. The summed E-state index contributed by atoms with van der Waals surface area (Å²) in [5.41, 5.74) is 5.69. The average molecular weight is 603 g/mol. The second-order valence-corrected chi connectivity index (χ2v) is 9.99. The number of hydrogen-bond donors (Lipinski definition) is 0. The minimum atomic E-state index is 0.